The monoisotopic (exact) mass is 321 g/mol. The molecule has 0 spiro atoms. The van der Waals surface area contributed by atoms with Gasteiger partial charge in [-0.15, -0.1) is 0 Å². The molecule has 1 aromatic carbocycles. The van der Waals surface area contributed by atoms with Crippen LogP contribution in [0.2, 0.25) is 0 Å². The summed E-state index contributed by atoms with van der Waals surface area (Å²) >= 11 is 0. The van der Waals surface area contributed by atoms with Crippen molar-refractivity contribution in [2.24, 2.45) is 5.92 Å². The first-order valence-electron chi connectivity index (χ1n) is 8.41. The molecular weight excluding hydrogens is 302 g/mol. The molecule has 0 unspecified atom stereocenters. The Hall–Kier alpha value is -2.31. The van der Waals surface area contributed by atoms with E-state index in [1.807, 2.05) is 36.7 Å². The Kier molecular flexibility index (Phi) is 3.31. The van der Waals surface area contributed by atoms with Crippen LogP contribution in [0.15, 0.2) is 42.9 Å². The maximum absolute atomic E-state index is 5.24. The number of nitrogens with zero attached hydrogens (tertiary/aromatic N) is 5. The Morgan fingerprint density at radius 3 is 2.71 bits per heavy atom. The average Bonchev–Trinajstić information content (AvgIpc) is 3.01. The molecule has 2 aromatic heterocycles. The molecule has 0 aliphatic carbocycles. The molecule has 0 atom stereocenters. The summed E-state index contributed by atoms with van der Waals surface area (Å²) in [4.78, 5) is 11.7. The van der Waals surface area contributed by atoms with Crippen LogP contribution < -0.4 is 0 Å². The third-order valence-electron chi connectivity index (χ3n) is 4.88. The fourth-order valence-electron chi connectivity index (χ4n) is 3.38. The van der Waals surface area contributed by atoms with E-state index in [2.05, 4.69) is 25.9 Å². The highest BCUT2D eigenvalue weighted by Gasteiger charge is 2.32. The first-order chi connectivity index (χ1) is 11.8. The van der Waals surface area contributed by atoms with E-state index in [1.165, 1.54) is 0 Å². The molecule has 2 fully saturated rings. The minimum absolute atomic E-state index is 0.466. The van der Waals surface area contributed by atoms with Crippen LogP contribution in [0, 0.1) is 5.92 Å². The lowest BCUT2D eigenvalue weighted by molar-refractivity contribution is -0.0608. The number of hydrogen-bond acceptors (Lipinski definition) is 5. The summed E-state index contributed by atoms with van der Waals surface area (Å²) < 4.78 is 7.31. The number of fused-ring (bicyclic) bond motifs is 1. The van der Waals surface area contributed by atoms with Crippen molar-refractivity contribution in [1.82, 2.24) is 24.6 Å². The quantitative estimate of drug-likeness (QED) is 0.735. The van der Waals surface area contributed by atoms with E-state index in [1.54, 1.807) is 0 Å². The van der Waals surface area contributed by atoms with Crippen LogP contribution >= 0.6 is 0 Å². The minimum atomic E-state index is 0.466. The van der Waals surface area contributed by atoms with Gasteiger partial charge in [0.15, 0.2) is 0 Å². The second-order valence-electron chi connectivity index (χ2n) is 6.73. The van der Waals surface area contributed by atoms with Crippen molar-refractivity contribution in [3.8, 4) is 11.3 Å². The average molecular weight is 321 g/mol. The van der Waals surface area contributed by atoms with Crippen molar-refractivity contribution >= 4 is 11.0 Å². The number of rotatable bonds is 4. The highest BCUT2D eigenvalue weighted by Crippen LogP contribution is 2.26. The lowest BCUT2D eigenvalue weighted by Crippen LogP contribution is -2.52. The first kappa shape index (κ1) is 14.1. The van der Waals surface area contributed by atoms with Gasteiger partial charge in [0.05, 0.1) is 48.4 Å². The van der Waals surface area contributed by atoms with Crippen molar-refractivity contribution in [3.05, 3.63) is 42.9 Å². The standard InChI is InChI=1S/C18H19N5O/c1-2-4-17-16(3-1)19-6-18(21-17)14-5-20-23(8-14)15-9-22(10-15)7-13-11-24-12-13/h1-6,8,13,15H,7,9-12H2. The van der Waals surface area contributed by atoms with Crippen molar-refractivity contribution in [2.45, 2.75) is 6.04 Å². The van der Waals surface area contributed by atoms with Gasteiger partial charge in [0, 0.05) is 37.3 Å². The Morgan fingerprint density at radius 1 is 1.08 bits per heavy atom. The highest BCUT2D eigenvalue weighted by atomic mass is 16.5. The SMILES string of the molecule is c1ccc2nc(-c3cnn(C4CN(CC5COC5)C4)c3)cnc2c1. The van der Waals surface area contributed by atoms with Gasteiger partial charge in [-0.2, -0.15) is 5.10 Å². The van der Waals surface area contributed by atoms with E-state index in [0.717, 1.165) is 61.1 Å². The van der Waals surface area contributed by atoms with Crippen molar-refractivity contribution < 1.29 is 4.74 Å². The minimum Gasteiger partial charge on any atom is -0.381 e. The normalized spacial score (nSPS) is 19.3. The zero-order valence-corrected chi connectivity index (χ0v) is 13.4. The molecule has 2 aliphatic rings. The van der Waals surface area contributed by atoms with Gasteiger partial charge in [0.2, 0.25) is 0 Å². The highest BCUT2D eigenvalue weighted by molar-refractivity contribution is 5.76. The molecule has 0 bridgehead atoms. The van der Waals surface area contributed by atoms with Crippen LogP contribution in [0.3, 0.4) is 0 Å². The summed E-state index contributed by atoms with van der Waals surface area (Å²) in [5.74, 6) is 0.729. The van der Waals surface area contributed by atoms with E-state index in [-0.39, 0.29) is 0 Å². The second kappa shape index (κ2) is 5.65. The van der Waals surface area contributed by atoms with Crippen molar-refractivity contribution in [3.63, 3.8) is 0 Å². The fraction of sp³-hybridized carbons (Fsp3) is 0.389. The molecule has 0 amide bonds. The number of para-hydroxylation sites is 2. The largest absolute Gasteiger partial charge is 0.381 e. The number of ether oxygens (including phenoxy) is 1. The van der Waals surface area contributed by atoms with E-state index in [9.17, 15) is 0 Å². The molecule has 0 saturated carbocycles. The zero-order chi connectivity index (χ0) is 15.9. The van der Waals surface area contributed by atoms with Crippen LogP contribution in [0.1, 0.15) is 6.04 Å². The first-order valence-corrected chi connectivity index (χ1v) is 8.41. The van der Waals surface area contributed by atoms with Crippen LogP contribution in [0.25, 0.3) is 22.3 Å². The van der Waals surface area contributed by atoms with Gasteiger partial charge < -0.3 is 4.74 Å². The van der Waals surface area contributed by atoms with Gasteiger partial charge >= 0.3 is 0 Å². The number of benzene rings is 1. The van der Waals surface area contributed by atoms with Gasteiger partial charge in [0.1, 0.15) is 0 Å². The topological polar surface area (TPSA) is 56.1 Å². The number of aromatic nitrogens is 4. The third kappa shape index (κ3) is 2.48. The maximum Gasteiger partial charge on any atom is 0.0924 e. The Balaban J connectivity index is 1.30. The number of likely N-dealkylation sites (tertiary alicyclic amines) is 1. The molecule has 0 N–H and O–H groups in total. The van der Waals surface area contributed by atoms with E-state index < -0.39 is 0 Å². The van der Waals surface area contributed by atoms with Crippen LogP contribution in [-0.2, 0) is 4.74 Å². The second-order valence-corrected chi connectivity index (χ2v) is 6.73. The van der Waals surface area contributed by atoms with E-state index in [4.69, 9.17) is 9.72 Å². The molecule has 6 nitrogen and oxygen atoms in total. The van der Waals surface area contributed by atoms with Gasteiger partial charge in [-0.05, 0) is 12.1 Å². The van der Waals surface area contributed by atoms with E-state index in [0.29, 0.717) is 6.04 Å². The Labute approximate surface area is 140 Å². The van der Waals surface area contributed by atoms with Crippen molar-refractivity contribution in [1.29, 1.82) is 0 Å². The summed E-state index contributed by atoms with van der Waals surface area (Å²) in [5.41, 5.74) is 3.74. The molecule has 0 radical (unpaired) electrons. The maximum atomic E-state index is 5.24. The molecule has 5 rings (SSSR count). The molecule has 24 heavy (non-hydrogen) atoms. The molecule has 122 valence electrons. The Bertz CT molecular complexity index is 866. The fourth-order valence-corrected chi connectivity index (χ4v) is 3.38. The summed E-state index contributed by atoms with van der Waals surface area (Å²) in [6.07, 6.45) is 5.81. The van der Waals surface area contributed by atoms with Gasteiger partial charge in [-0.25, -0.2) is 4.98 Å². The Morgan fingerprint density at radius 2 is 1.92 bits per heavy atom. The third-order valence-corrected chi connectivity index (χ3v) is 4.88. The van der Waals surface area contributed by atoms with Crippen molar-refractivity contribution in [2.75, 3.05) is 32.8 Å². The lowest BCUT2D eigenvalue weighted by atomic mass is 10.0. The summed E-state index contributed by atoms with van der Waals surface area (Å²) in [6.45, 7) is 5.14. The van der Waals surface area contributed by atoms with Crippen LogP contribution in [-0.4, -0.2) is 57.5 Å². The molecular formula is C18H19N5O. The van der Waals surface area contributed by atoms with Gasteiger partial charge in [0.25, 0.3) is 0 Å². The summed E-state index contributed by atoms with van der Waals surface area (Å²) in [7, 11) is 0. The van der Waals surface area contributed by atoms with Crippen LogP contribution in [0.5, 0.6) is 0 Å². The smallest absolute Gasteiger partial charge is 0.0924 e. The predicted octanol–water partition coefficient (Wildman–Crippen LogP) is 2.00. The number of hydrogen-bond donors (Lipinski definition) is 0. The molecule has 4 heterocycles. The summed E-state index contributed by atoms with van der Waals surface area (Å²) in [6, 6.07) is 8.40. The molecule has 2 aliphatic heterocycles. The lowest BCUT2D eigenvalue weighted by Gasteiger charge is -2.42. The van der Waals surface area contributed by atoms with Gasteiger partial charge in [-0.1, -0.05) is 12.1 Å². The predicted molar refractivity (Wildman–Crippen MR) is 90.5 cm³/mol. The van der Waals surface area contributed by atoms with E-state index >= 15 is 0 Å². The van der Waals surface area contributed by atoms with Gasteiger partial charge in [-0.3, -0.25) is 14.6 Å². The summed E-state index contributed by atoms with van der Waals surface area (Å²) in [5, 5.41) is 4.54. The molecule has 2 saturated heterocycles. The molecule has 3 aromatic rings. The molecule has 6 heteroatoms. The zero-order valence-electron chi connectivity index (χ0n) is 13.4. The van der Waals surface area contributed by atoms with Crippen LogP contribution in [0.4, 0.5) is 0 Å².